The highest BCUT2D eigenvalue weighted by molar-refractivity contribution is 6.31. The number of rotatable bonds is 7. The number of carbonyl (C=O) groups excluding carboxylic acids is 2. The van der Waals surface area contributed by atoms with Crippen LogP contribution in [0.1, 0.15) is 46.0 Å². The first-order chi connectivity index (χ1) is 15.3. The third kappa shape index (κ3) is 4.01. The summed E-state index contributed by atoms with van der Waals surface area (Å²) in [5.41, 5.74) is 8.16. The smallest absolute Gasteiger partial charge is 0.252 e. The first-order valence-electron chi connectivity index (χ1n) is 10.2. The van der Waals surface area contributed by atoms with Gasteiger partial charge in [-0.2, -0.15) is 4.73 Å². The van der Waals surface area contributed by atoms with Crippen LogP contribution < -0.4 is 15.3 Å². The van der Waals surface area contributed by atoms with Gasteiger partial charge in [-0.3, -0.25) is 9.59 Å². The van der Waals surface area contributed by atoms with Crippen molar-refractivity contribution in [3.63, 3.8) is 0 Å². The zero-order valence-electron chi connectivity index (χ0n) is 18.0. The number of primary amides is 1. The molecule has 32 heavy (non-hydrogen) atoms. The fourth-order valence-corrected chi connectivity index (χ4v) is 3.91. The molecular formula is C25H23ClN2O4. The van der Waals surface area contributed by atoms with E-state index in [0.29, 0.717) is 16.5 Å². The Bertz CT molecular complexity index is 1360. The third-order valence-corrected chi connectivity index (χ3v) is 5.72. The molecule has 0 aliphatic rings. The maximum atomic E-state index is 13.0. The van der Waals surface area contributed by atoms with E-state index < -0.39 is 5.91 Å². The number of hydrogen-bond donors (Lipinski definition) is 1. The molecule has 0 aliphatic heterocycles. The van der Waals surface area contributed by atoms with Crippen LogP contribution in [-0.2, 0) is 0 Å². The highest BCUT2D eigenvalue weighted by atomic mass is 35.5. The molecule has 4 rings (SSSR count). The molecule has 4 aromatic rings. The second kappa shape index (κ2) is 8.55. The SMILES string of the molecule is COn1cc(C(=O)COc2cc3ccc(Cl)cc3cc2C(N)=O)c2ccc(C(C)C)cc21. The average Bonchev–Trinajstić information content (AvgIpc) is 3.14. The summed E-state index contributed by atoms with van der Waals surface area (Å²) < 4.78 is 7.35. The van der Waals surface area contributed by atoms with Crippen molar-refractivity contribution >= 4 is 45.0 Å². The minimum Gasteiger partial charge on any atom is -0.485 e. The summed E-state index contributed by atoms with van der Waals surface area (Å²) >= 11 is 6.05. The van der Waals surface area contributed by atoms with Gasteiger partial charge in [0.25, 0.3) is 5.91 Å². The number of benzene rings is 3. The molecular weight excluding hydrogens is 428 g/mol. The first kappa shape index (κ1) is 21.7. The van der Waals surface area contributed by atoms with Crippen LogP contribution in [0.25, 0.3) is 21.7 Å². The Labute approximate surface area is 190 Å². The Morgan fingerprint density at radius 2 is 1.81 bits per heavy atom. The van der Waals surface area contributed by atoms with E-state index in [2.05, 4.69) is 13.8 Å². The van der Waals surface area contributed by atoms with Crippen molar-refractivity contribution in [1.82, 2.24) is 4.73 Å². The fraction of sp³-hybridized carbons (Fsp3) is 0.200. The molecule has 0 saturated heterocycles. The lowest BCUT2D eigenvalue weighted by atomic mass is 10.0. The van der Waals surface area contributed by atoms with E-state index in [4.69, 9.17) is 26.9 Å². The molecule has 1 aromatic heterocycles. The Kier molecular flexibility index (Phi) is 5.80. The fourth-order valence-electron chi connectivity index (χ4n) is 3.73. The number of ketones is 1. The maximum absolute atomic E-state index is 13.0. The van der Waals surface area contributed by atoms with Gasteiger partial charge in [0.15, 0.2) is 6.61 Å². The van der Waals surface area contributed by atoms with Gasteiger partial charge in [-0.05, 0) is 52.6 Å². The summed E-state index contributed by atoms with van der Waals surface area (Å²) in [6.45, 7) is 3.96. The standard InChI is InChI=1S/C25H23ClN2O4/c1-14(2)15-5-7-19-21(12-28(31-3)22(19)10-15)23(29)13-32-24-11-16-4-6-18(26)8-17(16)9-20(24)25(27)30/h4-12,14H,13H2,1-3H3,(H2,27,30). The van der Waals surface area contributed by atoms with Gasteiger partial charge in [0.05, 0.1) is 22.8 Å². The minimum atomic E-state index is -0.647. The van der Waals surface area contributed by atoms with Crippen molar-refractivity contribution < 1.29 is 19.2 Å². The van der Waals surface area contributed by atoms with Crippen LogP contribution in [0.15, 0.2) is 54.7 Å². The van der Waals surface area contributed by atoms with Gasteiger partial charge in [-0.25, -0.2) is 0 Å². The molecule has 2 N–H and O–H groups in total. The Hall–Kier alpha value is -3.51. The van der Waals surface area contributed by atoms with E-state index >= 15 is 0 Å². The van der Waals surface area contributed by atoms with E-state index in [-0.39, 0.29) is 23.7 Å². The quantitative estimate of drug-likeness (QED) is 0.402. The summed E-state index contributed by atoms with van der Waals surface area (Å²) in [4.78, 5) is 30.4. The molecule has 0 unspecified atom stereocenters. The minimum absolute atomic E-state index is 0.188. The van der Waals surface area contributed by atoms with Crippen LogP contribution in [0.5, 0.6) is 5.75 Å². The lowest BCUT2D eigenvalue weighted by Gasteiger charge is -2.11. The van der Waals surface area contributed by atoms with Gasteiger partial charge >= 0.3 is 0 Å². The molecule has 164 valence electrons. The number of Topliss-reactive ketones (excluding diaryl/α,β-unsaturated/α-hetero) is 1. The summed E-state index contributed by atoms with van der Waals surface area (Å²) in [6, 6.07) is 14.5. The molecule has 0 fully saturated rings. The zero-order valence-corrected chi connectivity index (χ0v) is 18.8. The van der Waals surface area contributed by atoms with Crippen molar-refractivity contribution in [3.8, 4) is 5.75 Å². The van der Waals surface area contributed by atoms with E-state index in [1.165, 1.54) is 0 Å². The van der Waals surface area contributed by atoms with Crippen LogP contribution in [0.2, 0.25) is 5.02 Å². The van der Waals surface area contributed by atoms with Crippen molar-refractivity contribution in [2.24, 2.45) is 5.73 Å². The number of carbonyl (C=O) groups is 2. The van der Waals surface area contributed by atoms with Crippen molar-refractivity contribution in [2.45, 2.75) is 19.8 Å². The largest absolute Gasteiger partial charge is 0.485 e. The van der Waals surface area contributed by atoms with Gasteiger partial charge in [0, 0.05) is 10.4 Å². The average molecular weight is 451 g/mol. The van der Waals surface area contributed by atoms with Crippen molar-refractivity contribution in [3.05, 3.63) is 76.4 Å². The van der Waals surface area contributed by atoms with Crippen molar-refractivity contribution in [2.75, 3.05) is 13.7 Å². The second-order valence-corrected chi connectivity index (χ2v) is 8.33. The van der Waals surface area contributed by atoms with Gasteiger partial charge in [-0.15, -0.1) is 0 Å². The van der Waals surface area contributed by atoms with E-state index in [0.717, 1.165) is 27.2 Å². The normalized spacial score (nSPS) is 11.3. The summed E-state index contributed by atoms with van der Waals surface area (Å²) in [5.74, 6) is -0.295. The number of halogens is 1. The third-order valence-electron chi connectivity index (χ3n) is 5.48. The Morgan fingerprint density at radius 3 is 2.50 bits per heavy atom. The van der Waals surface area contributed by atoms with Crippen LogP contribution >= 0.6 is 11.6 Å². The molecule has 7 heteroatoms. The summed E-state index contributed by atoms with van der Waals surface area (Å²) in [7, 11) is 1.55. The molecule has 6 nitrogen and oxygen atoms in total. The van der Waals surface area contributed by atoms with Gasteiger partial charge < -0.3 is 15.3 Å². The molecule has 0 saturated carbocycles. The van der Waals surface area contributed by atoms with E-state index in [9.17, 15) is 9.59 Å². The van der Waals surface area contributed by atoms with Gasteiger partial charge in [0.1, 0.15) is 12.9 Å². The molecule has 1 heterocycles. The highest BCUT2D eigenvalue weighted by Gasteiger charge is 2.19. The monoisotopic (exact) mass is 450 g/mol. The second-order valence-electron chi connectivity index (χ2n) is 7.90. The number of amides is 1. The molecule has 0 radical (unpaired) electrons. The molecule has 0 spiro atoms. The number of hydrogen-bond acceptors (Lipinski definition) is 4. The molecule has 3 aromatic carbocycles. The van der Waals surface area contributed by atoms with Crippen LogP contribution in [0.3, 0.4) is 0 Å². The van der Waals surface area contributed by atoms with Crippen LogP contribution in [-0.4, -0.2) is 30.1 Å². The molecule has 0 atom stereocenters. The van der Waals surface area contributed by atoms with Gasteiger partial charge in [0.2, 0.25) is 5.78 Å². The van der Waals surface area contributed by atoms with Crippen LogP contribution in [0, 0.1) is 0 Å². The number of aromatic nitrogens is 1. The lowest BCUT2D eigenvalue weighted by molar-refractivity contribution is 0.0911. The van der Waals surface area contributed by atoms with E-state index in [1.54, 1.807) is 42.3 Å². The first-order valence-corrected chi connectivity index (χ1v) is 10.5. The summed E-state index contributed by atoms with van der Waals surface area (Å²) in [6.07, 6.45) is 1.65. The predicted molar refractivity (Wildman–Crippen MR) is 126 cm³/mol. The summed E-state index contributed by atoms with van der Waals surface area (Å²) in [5, 5.41) is 2.90. The Balaban J connectivity index is 1.66. The lowest BCUT2D eigenvalue weighted by Crippen LogP contribution is -2.16. The zero-order chi connectivity index (χ0) is 23.0. The topological polar surface area (TPSA) is 83.6 Å². The van der Waals surface area contributed by atoms with Crippen molar-refractivity contribution in [1.29, 1.82) is 0 Å². The number of nitrogens with zero attached hydrogens (tertiary/aromatic N) is 1. The highest BCUT2D eigenvalue weighted by Crippen LogP contribution is 2.29. The van der Waals surface area contributed by atoms with Gasteiger partial charge in [-0.1, -0.05) is 43.6 Å². The Morgan fingerprint density at radius 1 is 1.03 bits per heavy atom. The van der Waals surface area contributed by atoms with E-state index in [1.807, 2.05) is 24.3 Å². The predicted octanol–water partition coefficient (Wildman–Crippen LogP) is 4.99. The van der Waals surface area contributed by atoms with Crippen LogP contribution in [0.4, 0.5) is 0 Å². The number of fused-ring (bicyclic) bond motifs is 2. The molecule has 0 bridgehead atoms. The number of ether oxygens (including phenoxy) is 1. The molecule has 1 amide bonds. The number of nitrogens with two attached hydrogens (primary N) is 1. The maximum Gasteiger partial charge on any atom is 0.252 e. The molecule has 0 aliphatic carbocycles.